The van der Waals surface area contributed by atoms with Gasteiger partial charge in [0.2, 0.25) is 0 Å². The van der Waals surface area contributed by atoms with Gasteiger partial charge in [-0.2, -0.15) is 0 Å². The average Bonchev–Trinajstić information content (AvgIpc) is 2.48. The molecule has 1 unspecified atom stereocenters. The highest BCUT2D eigenvalue weighted by Crippen LogP contribution is 2.18. The van der Waals surface area contributed by atoms with E-state index in [1.165, 1.54) is 5.56 Å². The molecule has 0 aromatic heterocycles. The van der Waals surface area contributed by atoms with Crippen molar-refractivity contribution in [2.45, 2.75) is 46.1 Å². The average molecular weight is 304 g/mol. The Morgan fingerprint density at radius 3 is 2.73 bits per heavy atom. The summed E-state index contributed by atoms with van der Waals surface area (Å²) in [5.74, 6) is -0.155. The van der Waals surface area contributed by atoms with Gasteiger partial charge in [0.25, 0.3) is 0 Å². The van der Waals surface area contributed by atoms with Crippen LogP contribution in [0.15, 0.2) is 30.3 Å². The van der Waals surface area contributed by atoms with E-state index in [0.29, 0.717) is 6.04 Å². The molecule has 122 valence electrons. The number of hydrogen-bond donors (Lipinski definition) is 1. The smallest absolute Gasteiger partial charge is 0.330 e. The molecule has 4 nitrogen and oxygen atoms in total. The van der Waals surface area contributed by atoms with Crippen molar-refractivity contribution in [1.82, 2.24) is 10.4 Å². The van der Waals surface area contributed by atoms with Crippen LogP contribution in [-0.2, 0) is 16.1 Å². The molecule has 1 N–H and O–H groups in total. The molecule has 1 saturated heterocycles. The van der Waals surface area contributed by atoms with Gasteiger partial charge in [-0.25, -0.2) is 4.79 Å². The van der Waals surface area contributed by atoms with E-state index < -0.39 is 5.41 Å². The Morgan fingerprint density at radius 1 is 1.32 bits per heavy atom. The van der Waals surface area contributed by atoms with E-state index in [1.54, 1.807) is 0 Å². The van der Waals surface area contributed by atoms with E-state index >= 15 is 0 Å². The molecule has 22 heavy (non-hydrogen) atoms. The molecule has 0 spiro atoms. The summed E-state index contributed by atoms with van der Waals surface area (Å²) in [4.78, 5) is 17.5. The van der Waals surface area contributed by atoms with Gasteiger partial charge in [0.05, 0.1) is 12.0 Å². The Hall–Kier alpha value is -1.39. The maximum atomic E-state index is 12.0. The Morgan fingerprint density at radius 2 is 2.05 bits per heavy atom. The lowest BCUT2D eigenvalue weighted by Gasteiger charge is -2.33. The quantitative estimate of drug-likeness (QED) is 0.908. The van der Waals surface area contributed by atoms with Crippen LogP contribution in [0.3, 0.4) is 0 Å². The third-order valence-corrected chi connectivity index (χ3v) is 3.90. The highest BCUT2D eigenvalue weighted by atomic mass is 16.7. The summed E-state index contributed by atoms with van der Waals surface area (Å²) in [7, 11) is 0. The number of nitrogens with one attached hydrogen (secondary N) is 1. The summed E-state index contributed by atoms with van der Waals surface area (Å²) in [5, 5.41) is 5.40. The lowest BCUT2D eigenvalue weighted by atomic mass is 9.98. The molecular weight excluding hydrogens is 276 g/mol. The Kier molecular flexibility index (Phi) is 5.98. The molecule has 0 bridgehead atoms. The maximum Gasteiger partial charge on any atom is 0.330 e. The van der Waals surface area contributed by atoms with E-state index in [-0.39, 0.29) is 5.97 Å². The van der Waals surface area contributed by atoms with Crippen molar-refractivity contribution < 1.29 is 9.63 Å². The first-order valence-corrected chi connectivity index (χ1v) is 8.20. The van der Waals surface area contributed by atoms with Gasteiger partial charge in [-0.15, -0.1) is 5.06 Å². The molecule has 0 aliphatic carbocycles. The molecule has 1 aliphatic heterocycles. The number of carbonyl (C=O) groups is 1. The van der Waals surface area contributed by atoms with Crippen LogP contribution in [0, 0.1) is 5.41 Å². The zero-order valence-electron chi connectivity index (χ0n) is 14.0. The van der Waals surface area contributed by atoms with Crippen molar-refractivity contribution >= 4 is 5.97 Å². The van der Waals surface area contributed by atoms with Gasteiger partial charge in [0.1, 0.15) is 0 Å². The fraction of sp³-hybridized carbons (Fsp3) is 0.611. The molecule has 1 atom stereocenters. The highest BCUT2D eigenvalue weighted by molar-refractivity contribution is 5.75. The van der Waals surface area contributed by atoms with Gasteiger partial charge in [-0.3, -0.25) is 0 Å². The molecule has 0 amide bonds. The topological polar surface area (TPSA) is 41.6 Å². The first-order valence-electron chi connectivity index (χ1n) is 8.20. The molecule has 4 heteroatoms. The third kappa shape index (κ3) is 5.43. The third-order valence-electron chi connectivity index (χ3n) is 3.90. The van der Waals surface area contributed by atoms with E-state index in [2.05, 4.69) is 29.6 Å². The molecule has 1 aromatic rings. The predicted octanol–water partition coefficient (Wildman–Crippen LogP) is 2.79. The van der Waals surface area contributed by atoms with Crippen LogP contribution < -0.4 is 5.32 Å². The number of rotatable bonds is 5. The summed E-state index contributed by atoms with van der Waals surface area (Å²) in [6, 6.07) is 10.9. The van der Waals surface area contributed by atoms with Gasteiger partial charge < -0.3 is 10.2 Å². The summed E-state index contributed by atoms with van der Waals surface area (Å²) < 4.78 is 0. The summed E-state index contributed by atoms with van der Waals surface area (Å²) in [6.45, 7) is 8.21. The van der Waals surface area contributed by atoms with Crippen molar-refractivity contribution in [3.8, 4) is 0 Å². The second kappa shape index (κ2) is 7.75. The maximum absolute atomic E-state index is 12.0. The zero-order chi connectivity index (χ0) is 16.0. The molecule has 2 rings (SSSR count). The molecule has 0 saturated carbocycles. The van der Waals surface area contributed by atoms with Gasteiger partial charge in [-0.05, 0) is 52.1 Å². The Labute approximate surface area is 133 Å². The van der Waals surface area contributed by atoms with Crippen LogP contribution in [0.4, 0.5) is 0 Å². The lowest BCUT2D eigenvalue weighted by Crippen LogP contribution is -2.47. The minimum absolute atomic E-state index is 0.155. The number of piperidine rings is 1. The van der Waals surface area contributed by atoms with Crippen molar-refractivity contribution in [2.75, 3.05) is 19.6 Å². The van der Waals surface area contributed by atoms with Crippen LogP contribution in [0.25, 0.3) is 0 Å². The van der Waals surface area contributed by atoms with Crippen LogP contribution in [0.2, 0.25) is 0 Å². The Balaban J connectivity index is 1.73. The normalized spacial score (nSPS) is 19.9. The molecule has 1 heterocycles. The van der Waals surface area contributed by atoms with Crippen LogP contribution >= 0.6 is 0 Å². The standard InChI is InChI=1S/C18H28N2O2/c1-18(2,3)17(21)22-20-13-7-10-16(14-20)19-12-11-15-8-5-4-6-9-15/h4-6,8-9,16,19H,7,10-14H2,1-3H3. The minimum atomic E-state index is -0.451. The first-order chi connectivity index (χ1) is 10.4. The molecule has 1 aliphatic rings. The van der Waals surface area contributed by atoms with Gasteiger partial charge >= 0.3 is 5.97 Å². The number of hydrogen-bond acceptors (Lipinski definition) is 4. The predicted molar refractivity (Wildman–Crippen MR) is 88.3 cm³/mol. The van der Waals surface area contributed by atoms with Crippen molar-refractivity contribution in [3.05, 3.63) is 35.9 Å². The van der Waals surface area contributed by atoms with Gasteiger partial charge in [0.15, 0.2) is 0 Å². The lowest BCUT2D eigenvalue weighted by molar-refractivity contribution is -0.205. The Bertz CT molecular complexity index is 468. The largest absolute Gasteiger partial charge is 0.367 e. The zero-order valence-corrected chi connectivity index (χ0v) is 14.0. The van der Waals surface area contributed by atoms with Crippen LogP contribution in [-0.4, -0.2) is 36.7 Å². The second-order valence-electron chi connectivity index (χ2n) is 7.05. The van der Waals surface area contributed by atoms with Crippen molar-refractivity contribution in [3.63, 3.8) is 0 Å². The SMILES string of the molecule is CC(C)(C)C(=O)ON1CCCC(NCCc2ccccc2)C1. The van der Waals surface area contributed by atoms with E-state index in [9.17, 15) is 4.79 Å². The second-order valence-corrected chi connectivity index (χ2v) is 7.05. The van der Waals surface area contributed by atoms with Gasteiger partial charge in [-0.1, -0.05) is 30.3 Å². The van der Waals surface area contributed by atoms with E-state index in [0.717, 1.165) is 38.9 Å². The monoisotopic (exact) mass is 304 g/mol. The number of carbonyl (C=O) groups excluding carboxylic acids is 1. The van der Waals surface area contributed by atoms with E-state index in [1.807, 2.05) is 31.9 Å². The highest BCUT2D eigenvalue weighted by Gasteiger charge is 2.28. The van der Waals surface area contributed by atoms with Crippen LogP contribution in [0.5, 0.6) is 0 Å². The fourth-order valence-corrected chi connectivity index (χ4v) is 2.51. The summed E-state index contributed by atoms with van der Waals surface area (Å²) in [5.41, 5.74) is 0.898. The molecular formula is C18H28N2O2. The summed E-state index contributed by atoms with van der Waals surface area (Å²) >= 11 is 0. The van der Waals surface area contributed by atoms with Crippen molar-refractivity contribution in [2.24, 2.45) is 5.41 Å². The van der Waals surface area contributed by atoms with Crippen molar-refractivity contribution in [1.29, 1.82) is 0 Å². The van der Waals surface area contributed by atoms with Gasteiger partial charge in [0, 0.05) is 12.6 Å². The minimum Gasteiger partial charge on any atom is -0.367 e. The number of nitrogens with zero attached hydrogens (tertiary/aromatic N) is 1. The summed E-state index contributed by atoms with van der Waals surface area (Å²) in [6.07, 6.45) is 3.22. The molecule has 1 fully saturated rings. The molecule has 0 radical (unpaired) electrons. The van der Waals surface area contributed by atoms with E-state index in [4.69, 9.17) is 4.84 Å². The first kappa shape index (κ1) is 17.0. The number of hydroxylamine groups is 2. The number of benzene rings is 1. The fourth-order valence-electron chi connectivity index (χ4n) is 2.51. The molecule has 1 aromatic carbocycles. The van der Waals surface area contributed by atoms with Crippen LogP contribution in [0.1, 0.15) is 39.2 Å².